The van der Waals surface area contributed by atoms with E-state index < -0.39 is 0 Å². The summed E-state index contributed by atoms with van der Waals surface area (Å²) in [5, 5.41) is 12.0. The molecule has 0 spiro atoms. The zero-order valence-electron chi connectivity index (χ0n) is 9.44. The lowest BCUT2D eigenvalue weighted by atomic mass is 10.3. The molecule has 0 aliphatic carbocycles. The molecule has 2 aromatic heterocycles. The highest BCUT2D eigenvalue weighted by Gasteiger charge is 2.07. The van der Waals surface area contributed by atoms with Crippen molar-refractivity contribution in [2.24, 2.45) is 0 Å². The second kappa shape index (κ2) is 4.40. The summed E-state index contributed by atoms with van der Waals surface area (Å²) < 4.78 is 16.4. The molecule has 2 heterocycles. The third-order valence-electron chi connectivity index (χ3n) is 2.59. The van der Waals surface area contributed by atoms with E-state index in [9.17, 15) is 4.39 Å². The SMILES string of the molecule is Fc1ccc(-n2cnnc2Cn2cccn2)cc1. The molecule has 1 aromatic carbocycles. The molecular formula is C12H10FN5. The van der Waals surface area contributed by atoms with E-state index in [-0.39, 0.29) is 5.82 Å². The minimum absolute atomic E-state index is 0.263. The lowest BCUT2D eigenvalue weighted by Crippen LogP contribution is -2.07. The smallest absolute Gasteiger partial charge is 0.159 e. The van der Waals surface area contributed by atoms with Gasteiger partial charge < -0.3 is 0 Å². The first-order chi connectivity index (χ1) is 8.83. The van der Waals surface area contributed by atoms with E-state index in [1.807, 2.05) is 12.3 Å². The van der Waals surface area contributed by atoms with Crippen LogP contribution in [-0.4, -0.2) is 24.5 Å². The average Bonchev–Trinajstić information content (AvgIpc) is 3.02. The van der Waals surface area contributed by atoms with Crippen LogP contribution in [0.3, 0.4) is 0 Å². The van der Waals surface area contributed by atoms with Crippen LogP contribution in [0, 0.1) is 5.82 Å². The summed E-state index contributed by atoms with van der Waals surface area (Å²) in [7, 11) is 0. The summed E-state index contributed by atoms with van der Waals surface area (Å²) in [5.74, 6) is 0.478. The van der Waals surface area contributed by atoms with Crippen molar-refractivity contribution in [2.75, 3.05) is 0 Å². The van der Waals surface area contributed by atoms with Gasteiger partial charge in [-0.05, 0) is 30.3 Å². The quantitative estimate of drug-likeness (QED) is 0.702. The van der Waals surface area contributed by atoms with Gasteiger partial charge in [0.1, 0.15) is 18.7 Å². The minimum Gasteiger partial charge on any atom is -0.284 e. The Bertz CT molecular complexity index is 627. The highest BCUT2D eigenvalue weighted by atomic mass is 19.1. The molecule has 0 N–H and O–H groups in total. The van der Waals surface area contributed by atoms with Crippen molar-refractivity contribution in [3.8, 4) is 5.69 Å². The van der Waals surface area contributed by atoms with Crippen LogP contribution in [0.25, 0.3) is 5.69 Å². The predicted molar refractivity (Wildman–Crippen MR) is 62.6 cm³/mol. The molecule has 0 radical (unpaired) electrons. The van der Waals surface area contributed by atoms with Crippen molar-refractivity contribution in [2.45, 2.75) is 6.54 Å². The van der Waals surface area contributed by atoms with E-state index >= 15 is 0 Å². The first-order valence-corrected chi connectivity index (χ1v) is 5.45. The first-order valence-electron chi connectivity index (χ1n) is 5.45. The fourth-order valence-corrected chi connectivity index (χ4v) is 1.72. The van der Waals surface area contributed by atoms with Gasteiger partial charge in [0.25, 0.3) is 0 Å². The molecule has 0 bridgehead atoms. The molecule has 3 aromatic rings. The molecular weight excluding hydrogens is 233 g/mol. The van der Waals surface area contributed by atoms with Gasteiger partial charge in [-0.25, -0.2) is 4.39 Å². The van der Waals surface area contributed by atoms with Gasteiger partial charge in [-0.3, -0.25) is 9.25 Å². The van der Waals surface area contributed by atoms with Crippen LogP contribution in [-0.2, 0) is 6.54 Å². The van der Waals surface area contributed by atoms with Crippen LogP contribution in [0.1, 0.15) is 5.82 Å². The predicted octanol–water partition coefficient (Wildman–Crippen LogP) is 1.65. The monoisotopic (exact) mass is 243 g/mol. The van der Waals surface area contributed by atoms with Crippen molar-refractivity contribution in [3.05, 3.63) is 60.7 Å². The minimum atomic E-state index is -0.263. The maximum absolute atomic E-state index is 12.9. The molecule has 0 aliphatic rings. The standard InChI is InChI=1S/C12H10FN5/c13-10-2-4-11(5-3-10)18-9-14-16-12(18)8-17-7-1-6-15-17/h1-7,9H,8H2. The Morgan fingerprint density at radius 3 is 2.72 bits per heavy atom. The molecule has 5 nitrogen and oxygen atoms in total. The highest BCUT2D eigenvalue weighted by Crippen LogP contribution is 2.11. The van der Waals surface area contributed by atoms with Gasteiger partial charge >= 0.3 is 0 Å². The molecule has 0 unspecified atom stereocenters. The van der Waals surface area contributed by atoms with Crippen molar-refractivity contribution < 1.29 is 4.39 Å². The Morgan fingerprint density at radius 1 is 1.17 bits per heavy atom. The number of aromatic nitrogens is 5. The molecule has 0 fully saturated rings. The average molecular weight is 243 g/mol. The van der Waals surface area contributed by atoms with Crippen molar-refractivity contribution >= 4 is 0 Å². The molecule has 6 heteroatoms. The van der Waals surface area contributed by atoms with E-state index in [2.05, 4.69) is 15.3 Å². The van der Waals surface area contributed by atoms with Crippen molar-refractivity contribution in [1.82, 2.24) is 24.5 Å². The summed E-state index contributed by atoms with van der Waals surface area (Å²) in [4.78, 5) is 0. The van der Waals surface area contributed by atoms with E-state index in [4.69, 9.17) is 0 Å². The summed E-state index contributed by atoms with van der Waals surface area (Å²) in [6.45, 7) is 0.518. The topological polar surface area (TPSA) is 48.5 Å². The number of hydrogen-bond donors (Lipinski definition) is 0. The largest absolute Gasteiger partial charge is 0.284 e. The summed E-state index contributed by atoms with van der Waals surface area (Å²) in [6.07, 6.45) is 5.16. The Morgan fingerprint density at radius 2 is 2.00 bits per heavy atom. The maximum Gasteiger partial charge on any atom is 0.159 e. The van der Waals surface area contributed by atoms with E-state index in [0.29, 0.717) is 6.54 Å². The fraction of sp³-hybridized carbons (Fsp3) is 0.0833. The van der Waals surface area contributed by atoms with Gasteiger partial charge in [0.15, 0.2) is 5.82 Å². The van der Waals surface area contributed by atoms with E-state index in [1.54, 1.807) is 33.9 Å². The van der Waals surface area contributed by atoms with Gasteiger partial charge in [-0.1, -0.05) is 0 Å². The summed E-state index contributed by atoms with van der Waals surface area (Å²) in [6, 6.07) is 8.04. The Hall–Kier alpha value is -2.50. The van der Waals surface area contributed by atoms with Gasteiger partial charge in [0, 0.05) is 18.1 Å². The third-order valence-corrected chi connectivity index (χ3v) is 2.59. The summed E-state index contributed by atoms with van der Waals surface area (Å²) in [5.41, 5.74) is 0.823. The van der Waals surface area contributed by atoms with Crippen LogP contribution in [0.5, 0.6) is 0 Å². The number of nitrogens with zero attached hydrogens (tertiary/aromatic N) is 5. The second-order valence-electron chi connectivity index (χ2n) is 3.80. The number of benzene rings is 1. The van der Waals surface area contributed by atoms with Crippen molar-refractivity contribution in [3.63, 3.8) is 0 Å². The van der Waals surface area contributed by atoms with Gasteiger partial charge in [0.2, 0.25) is 0 Å². The lowest BCUT2D eigenvalue weighted by Gasteiger charge is -2.06. The lowest BCUT2D eigenvalue weighted by molar-refractivity contribution is 0.625. The zero-order valence-corrected chi connectivity index (χ0v) is 9.44. The molecule has 0 amide bonds. The third kappa shape index (κ3) is 2.00. The zero-order chi connectivity index (χ0) is 12.4. The second-order valence-corrected chi connectivity index (χ2v) is 3.80. The Kier molecular flexibility index (Phi) is 2.60. The molecule has 0 atom stereocenters. The van der Waals surface area contributed by atoms with Crippen LogP contribution < -0.4 is 0 Å². The molecule has 0 aliphatic heterocycles. The van der Waals surface area contributed by atoms with Gasteiger partial charge in [0.05, 0.1) is 0 Å². The molecule has 0 saturated heterocycles. The van der Waals surface area contributed by atoms with E-state index in [1.165, 1.54) is 12.1 Å². The van der Waals surface area contributed by atoms with Crippen LogP contribution >= 0.6 is 0 Å². The molecule has 3 rings (SSSR count). The van der Waals surface area contributed by atoms with Crippen LogP contribution in [0.4, 0.5) is 4.39 Å². The van der Waals surface area contributed by atoms with Crippen LogP contribution in [0.2, 0.25) is 0 Å². The number of halogens is 1. The Labute approximate surface area is 103 Å². The fourth-order valence-electron chi connectivity index (χ4n) is 1.72. The van der Waals surface area contributed by atoms with Crippen molar-refractivity contribution in [1.29, 1.82) is 0 Å². The first kappa shape index (κ1) is 10.6. The van der Waals surface area contributed by atoms with Gasteiger partial charge in [-0.15, -0.1) is 10.2 Å². The van der Waals surface area contributed by atoms with Gasteiger partial charge in [-0.2, -0.15) is 5.10 Å². The number of rotatable bonds is 3. The molecule has 0 saturated carbocycles. The maximum atomic E-state index is 12.9. The highest BCUT2D eigenvalue weighted by molar-refractivity contribution is 5.32. The van der Waals surface area contributed by atoms with Crippen LogP contribution in [0.15, 0.2) is 49.1 Å². The van der Waals surface area contributed by atoms with E-state index in [0.717, 1.165) is 11.5 Å². The normalized spacial score (nSPS) is 10.7. The summed E-state index contributed by atoms with van der Waals surface area (Å²) >= 11 is 0. The Balaban J connectivity index is 1.94. The molecule has 90 valence electrons. The molecule has 18 heavy (non-hydrogen) atoms. The number of hydrogen-bond acceptors (Lipinski definition) is 3.